The Kier molecular flexibility index (Phi) is 7.61. The number of thioether (sulfide) groups is 1. The van der Waals surface area contributed by atoms with Crippen molar-refractivity contribution in [2.24, 2.45) is 5.92 Å². The lowest BCUT2D eigenvalue weighted by Gasteiger charge is -2.41. The third-order valence-electron chi connectivity index (χ3n) is 6.36. The van der Waals surface area contributed by atoms with E-state index < -0.39 is 16.8 Å². The molecule has 3 rings (SSSR count). The summed E-state index contributed by atoms with van der Waals surface area (Å²) in [7, 11) is 0. The molecule has 3 N–H and O–H groups in total. The number of rotatable bonds is 7. The van der Waals surface area contributed by atoms with Crippen LogP contribution in [-0.4, -0.2) is 32.7 Å². The molecule has 1 aromatic heterocycles. The number of aryl methyl sites for hydroxylation is 2. The fourth-order valence-electron chi connectivity index (χ4n) is 4.15. The van der Waals surface area contributed by atoms with E-state index in [1.807, 2.05) is 32.9 Å². The molecule has 1 aliphatic rings. The van der Waals surface area contributed by atoms with Gasteiger partial charge in [0.2, 0.25) is 0 Å². The molecule has 0 aliphatic carbocycles. The summed E-state index contributed by atoms with van der Waals surface area (Å²) in [5.41, 5.74) is 7.50. The van der Waals surface area contributed by atoms with Gasteiger partial charge in [0.05, 0.1) is 6.61 Å². The van der Waals surface area contributed by atoms with Crippen LogP contribution in [0.25, 0.3) is 0 Å². The lowest BCUT2D eigenvalue weighted by molar-refractivity contribution is -0.176. The number of carbonyl (C=O) groups is 2. The van der Waals surface area contributed by atoms with Gasteiger partial charge in [-0.05, 0) is 53.9 Å². The van der Waals surface area contributed by atoms with E-state index in [1.54, 1.807) is 6.20 Å². The molecule has 0 spiro atoms. The lowest BCUT2D eigenvalue weighted by atomic mass is 9.79. The van der Waals surface area contributed by atoms with Gasteiger partial charge in [0.1, 0.15) is 5.60 Å². The Morgan fingerprint density at radius 3 is 2.55 bits per heavy atom. The SMILES string of the molecule is Cc1cc(SC2C(=O)CC(CCc3cnc(N)s3)(C(C)C)OC2=O)c(C(C)(C)C)cc1CO. The van der Waals surface area contributed by atoms with Gasteiger partial charge in [-0.1, -0.05) is 40.7 Å². The van der Waals surface area contributed by atoms with Crippen LogP contribution in [0, 0.1) is 12.8 Å². The Bertz CT molecular complexity index is 1020. The second-order valence-corrected chi connectivity index (χ2v) is 12.4. The third-order valence-corrected chi connectivity index (χ3v) is 8.53. The summed E-state index contributed by atoms with van der Waals surface area (Å²) >= 11 is 2.69. The van der Waals surface area contributed by atoms with Crippen molar-refractivity contribution in [3.05, 3.63) is 39.9 Å². The monoisotopic (exact) mass is 490 g/mol. The highest BCUT2D eigenvalue weighted by atomic mass is 32.2. The van der Waals surface area contributed by atoms with Crippen LogP contribution in [0.4, 0.5) is 5.13 Å². The molecule has 1 fully saturated rings. The predicted octanol–water partition coefficient (Wildman–Crippen LogP) is 4.83. The highest BCUT2D eigenvalue weighted by Crippen LogP contribution is 2.43. The molecule has 1 aromatic carbocycles. The van der Waals surface area contributed by atoms with Crippen LogP contribution >= 0.6 is 23.1 Å². The maximum absolute atomic E-state index is 13.3. The number of esters is 1. The van der Waals surface area contributed by atoms with E-state index in [2.05, 4.69) is 25.8 Å². The van der Waals surface area contributed by atoms with Crippen LogP contribution < -0.4 is 5.73 Å². The van der Waals surface area contributed by atoms with Crippen LogP contribution in [0.1, 0.15) is 69.0 Å². The molecule has 6 nitrogen and oxygen atoms in total. The number of hydrogen-bond acceptors (Lipinski definition) is 8. The summed E-state index contributed by atoms with van der Waals surface area (Å²) in [5.74, 6) is -0.576. The van der Waals surface area contributed by atoms with Gasteiger partial charge in [0.25, 0.3) is 0 Å². The first kappa shape index (κ1) is 25.7. The number of ether oxygens (including phenoxy) is 1. The molecule has 1 saturated heterocycles. The molecule has 0 bridgehead atoms. The Morgan fingerprint density at radius 1 is 1.33 bits per heavy atom. The first-order valence-corrected chi connectivity index (χ1v) is 12.9. The third kappa shape index (κ3) is 5.61. The normalized spacial score (nSPS) is 21.5. The van der Waals surface area contributed by atoms with Crippen LogP contribution in [0.3, 0.4) is 0 Å². The fourth-order valence-corrected chi connectivity index (χ4v) is 6.19. The molecule has 33 heavy (non-hydrogen) atoms. The van der Waals surface area contributed by atoms with Crippen molar-refractivity contribution in [2.75, 3.05) is 5.73 Å². The van der Waals surface area contributed by atoms with Crippen molar-refractivity contribution >= 4 is 40.0 Å². The zero-order chi connectivity index (χ0) is 24.6. The molecule has 2 aromatic rings. The summed E-state index contributed by atoms with van der Waals surface area (Å²) in [6.07, 6.45) is 3.15. The molecule has 180 valence electrons. The second kappa shape index (κ2) is 9.76. The van der Waals surface area contributed by atoms with Gasteiger partial charge in [-0.2, -0.15) is 0 Å². The van der Waals surface area contributed by atoms with Gasteiger partial charge in [0.15, 0.2) is 16.2 Å². The minimum atomic E-state index is -0.892. The minimum absolute atomic E-state index is 0.00200. The van der Waals surface area contributed by atoms with Crippen molar-refractivity contribution in [1.29, 1.82) is 0 Å². The molecular formula is C25H34N2O4S2. The molecule has 2 heterocycles. The number of carbonyl (C=O) groups excluding carboxylic acids is 2. The Hall–Kier alpha value is -1.90. The van der Waals surface area contributed by atoms with E-state index in [0.29, 0.717) is 18.0 Å². The van der Waals surface area contributed by atoms with Gasteiger partial charge in [-0.3, -0.25) is 9.59 Å². The number of Topliss-reactive ketones (excluding diaryl/α,β-unsaturated/α-hetero) is 1. The molecule has 8 heteroatoms. The summed E-state index contributed by atoms with van der Waals surface area (Å²) in [4.78, 5) is 32.5. The fraction of sp³-hybridized carbons (Fsp3) is 0.560. The molecular weight excluding hydrogens is 456 g/mol. The van der Waals surface area contributed by atoms with E-state index in [4.69, 9.17) is 10.5 Å². The number of aliphatic hydroxyl groups is 1. The first-order chi connectivity index (χ1) is 15.4. The molecule has 0 radical (unpaired) electrons. The number of cyclic esters (lactones) is 1. The smallest absolute Gasteiger partial charge is 0.327 e. The summed E-state index contributed by atoms with van der Waals surface area (Å²) in [6.45, 7) is 12.1. The van der Waals surface area contributed by atoms with Crippen molar-refractivity contribution in [3.63, 3.8) is 0 Å². The summed E-state index contributed by atoms with van der Waals surface area (Å²) < 4.78 is 6.05. The highest BCUT2D eigenvalue weighted by Gasteiger charge is 2.49. The Morgan fingerprint density at radius 2 is 2.03 bits per heavy atom. The Labute approximate surface area is 204 Å². The number of benzene rings is 1. The summed E-state index contributed by atoms with van der Waals surface area (Å²) in [6, 6.07) is 3.95. The minimum Gasteiger partial charge on any atom is -0.457 e. The predicted molar refractivity (Wildman–Crippen MR) is 134 cm³/mol. The number of ketones is 1. The number of anilines is 1. The van der Waals surface area contributed by atoms with Gasteiger partial charge in [0, 0.05) is 22.4 Å². The van der Waals surface area contributed by atoms with Crippen molar-refractivity contribution in [3.8, 4) is 0 Å². The standard InChI is InChI=1S/C25H34N2O4S2/c1-14(2)25(8-7-17-12-27-23(26)32-17)11-19(29)21(22(30)31-25)33-20-9-15(3)16(13-28)10-18(20)24(4,5)6/h9-10,12,14,21,28H,7-8,11,13H2,1-6H3,(H2,26,27). The van der Waals surface area contributed by atoms with E-state index >= 15 is 0 Å². The average Bonchev–Trinajstić information content (AvgIpc) is 3.13. The maximum atomic E-state index is 13.3. The van der Waals surface area contributed by atoms with Gasteiger partial charge in [-0.25, -0.2) is 4.98 Å². The number of aliphatic hydroxyl groups excluding tert-OH is 1. The number of nitrogens with two attached hydrogens (primary N) is 1. The average molecular weight is 491 g/mol. The number of thiazole rings is 1. The van der Waals surface area contributed by atoms with Gasteiger partial charge >= 0.3 is 5.97 Å². The topological polar surface area (TPSA) is 103 Å². The van der Waals surface area contributed by atoms with Gasteiger partial charge < -0.3 is 15.6 Å². The Balaban J connectivity index is 1.84. The second-order valence-electron chi connectivity index (χ2n) is 10.1. The van der Waals surface area contributed by atoms with Crippen molar-refractivity contribution in [2.45, 2.75) is 88.6 Å². The van der Waals surface area contributed by atoms with Crippen LogP contribution in [0.15, 0.2) is 23.2 Å². The van der Waals surface area contributed by atoms with Gasteiger partial charge in [-0.15, -0.1) is 23.1 Å². The lowest BCUT2D eigenvalue weighted by Crippen LogP contribution is -2.52. The first-order valence-electron chi connectivity index (χ1n) is 11.2. The van der Waals surface area contributed by atoms with E-state index in [9.17, 15) is 14.7 Å². The largest absolute Gasteiger partial charge is 0.457 e. The van der Waals surface area contributed by atoms with Crippen LogP contribution in [0.5, 0.6) is 0 Å². The maximum Gasteiger partial charge on any atom is 0.327 e. The van der Waals surface area contributed by atoms with E-state index in [-0.39, 0.29) is 30.1 Å². The zero-order valence-electron chi connectivity index (χ0n) is 20.2. The molecule has 2 unspecified atom stereocenters. The molecule has 2 atom stereocenters. The number of nitrogen functional groups attached to an aromatic ring is 1. The summed E-state index contributed by atoms with van der Waals surface area (Å²) in [5, 5.41) is 9.32. The molecule has 1 aliphatic heterocycles. The highest BCUT2D eigenvalue weighted by molar-refractivity contribution is 8.01. The van der Waals surface area contributed by atoms with E-state index in [0.717, 1.165) is 26.5 Å². The number of nitrogens with zero attached hydrogens (tertiary/aromatic N) is 1. The van der Waals surface area contributed by atoms with Crippen molar-refractivity contribution in [1.82, 2.24) is 4.98 Å². The number of hydrogen-bond donors (Lipinski definition) is 2. The van der Waals surface area contributed by atoms with E-state index in [1.165, 1.54) is 23.1 Å². The molecule has 0 amide bonds. The van der Waals surface area contributed by atoms with Crippen LogP contribution in [0.2, 0.25) is 0 Å². The quantitative estimate of drug-likeness (QED) is 0.423. The van der Waals surface area contributed by atoms with Crippen molar-refractivity contribution < 1.29 is 19.4 Å². The zero-order valence-corrected chi connectivity index (χ0v) is 21.9. The number of aromatic nitrogens is 1. The van der Waals surface area contributed by atoms with Crippen LogP contribution in [-0.2, 0) is 32.8 Å². The molecule has 0 saturated carbocycles.